The standard InChI is InChI=1S/C60H39BN2O/c1-5-18-40(19-6-1)44-32-34-55-51(36-44)61-52-37-45(41-20-7-2-8-21-41)33-35-57(52)64-58-39-46(62-53-30-15-13-26-49(53)50-27-14-16-31-54(50)62)38-56(59(58)61)63(55)60-47(42-22-9-3-10-23-42)28-17-29-48(60)43-24-11-4-12-25-43/h1-39H. The zero-order chi connectivity index (χ0) is 42.1. The summed E-state index contributed by atoms with van der Waals surface area (Å²) in [6.45, 7) is -0.122. The molecule has 0 unspecified atom stereocenters. The maximum absolute atomic E-state index is 7.28. The second kappa shape index (κ2) is 14.6. The number of rotatable bonds is 6. The summed E-state index contributed by atoms with van der Waals surface area (Å²) in [6, 6.07) is 86.0. The summed E-state index contributed by atoms with van der Waals surface area (Å²) >= 11 is 0. The number of benzene rings is 10. The third kappa shape index (κ3) is 5.70. The molecule has 0 fully saturated rings. The number of hydrogen-bond acceptors (Lipinski definition) is 2. The Hall–Kier alpha value is -8.34. The van der Waals surface area contributed by atoms with E-state index in [1.165, 1.54) is 38.5 Å². The molecule has 11 aromatic rings. The summed E-state index contributed by atoms with van der Waals surface area (Å²) in [6.07, 6.45) is 0. The molecule has 13 rings (SSSR count). The van der Waals surface area contributed by atoms with Crippen LogP contribution >= 0.6 is 0 Å². The third-order valence-electron chi connectivity index (χ3n) is 13.2. The predicted octanol–water partition coefficient (Wildman–Crippen LogP) is 13.9. The quantitative estimate of drug-likeness (QED) is 0.156. The Bertz CT molecular complexity index is 3470. The van der Waals surface area contributed by atoms with Crippen LogP contribution in [-0.2, 0) is 0 Å². The lowest BCUT2D eigenvalue weighted by Crippen LogP contribution is -2.59. The summed E-state index contributed by atoms with van der Waals surface area (Å²) in [5.74, 6) is 1.74. The van der Waals surface area contributed by atoms with Gasteiger partial charge >= 0.3 is 0 Å². The van der Waals surface area contributed by atoms with Crippen LogP contribution < -0.4 is 26.0 Å². The van der Waals surface area contributed by atoms with E-state index in [1.807, 2.05) is 0 Å². The highest BCUT2D eigenvalue weighted by Gasteiger charge is 2.43. The van der Waals surface area contributed by atoms with E-state index in [1.54, 1.807) is 0 Å². The SMILES string of the molecule is c1ccc(-c2ccc3c(c2)B2c4cc(-c5ccccc5)ccc4N(c4c(-c5ccccc5)cccc4-c4ccccc4)c4cc(-n5c6ccccc6c6ccccc65)cc(c42)O3)cc1. The van der Waals surface area contributed by atoms with Gasteiger partial charge in [-0.3, -0.25) is 0 Å². The molecule has 1 aromatic heterocycles. The van der Waals surface area contributed by atoms with E-state index < -0.39 is 0 Å². The first kappa shape index (κ1) is 36.3. The van der Waals surface area contributed by atoms with Gasteiger partial charge in [0.1, 0.15) is 11.5 Å². The number of anilines is 3. The van der Waals surface area contributed by atoms with Crippen molar-refractivity contribution < 1.29 is 4.74 Å². The molecule has 10 aromatic carbocycles. The zero-order valence-electron chi connectivity index (χ0n) is 34.9. The molecular formula is C60H39BN2O. The molecule has 64 heavy (non-hydrogen) atoms. The van der Waals surface area contributed by atoms with Crippen LogP contribution in [0.25, 0.3) is 72.0 Å². The van der Waals surface area contributed by atoms with Crippen molar-refractivity contribution >= 4 is 62.0 Å². The fraction of sp³-hybridized carbons (Fsp3) is 0. The van der Waals surface area contributed by atoms with Gasteiger partial charge in [0.25, 0.3) is 6.71 Å². The molecule has 0 radical (unpaired) electrons. The van der Waals surface area contributed by atoms with E-state index in [-0.39, 0.29) is 6.71 Å². The van der Waals surface area contributed by atoms with Gasteiger partial charge in [0.05, 0.1) is 22.4 Å². The van der Waals surface area contributed by atoms with Crippen LogP contribution in [0.2, 0.25) is 0 Å². The van der Waals surface area contributed by atoms with Gasteiger partial charge < -0.3 is 14.2 Å². The van der Waals surface area contributed by atoms with Crippen molar-refractivity contribution in [1.82, 2.24) is 4.57 Å². The molecule has 0 saturated carbocycles. The molecule has 0 aliphatic carbocycles. The van der Waals surface area contributed by atoms with E-state index >= 15 is 0 Å². The highest BCUT2D eigenvalue weighted by atomic mass is 16.5. The predicted molar refractivity (Wildman–Crippen MR) is 268 cm³/mol. The highest BCUT2D eigenvalue weighted by molar-refractivity contribution is 6.99. The average molecular weight is 815 g/mol. The number of fused-ring (bicyclic) bond motifs is 7. The van der Waals surface area contributed by atoms with E-state index in [2.05, 4.69) is 246 Å². The summed E-state index contributed by atoms with van der Waals surface area (Å²) in [5, 5.41) is 2.44. The molecule has 298 valence electrons. The molecular weight excluding hydrogens is 775 g/mol. The average Bonchev–Trinajstić information content (AvgIpc) is 3.71. The van der Waals surface area contributed by atoms with Gasteiger partial charge in [0, 0.05) is 39.3 Å². The van der Waals surface area contributed by atoms with E-state index in [0.717, 1.165) is 78.5 Å². The molecule has 2 aliphatic heterocycles. The Kier molecular flexibility index (Phi) is 8.32. The largest absolute Gasteiger partial charge is 0.458 e. The van der Waals surface area contributed by atoms with Crippen LogP contribution in [0.4, 0.5) is 17.1 Å². The van der Waals surface area contributed by atoms with Crippen molar-refractivity contribution in [2.75, 3.05) is 4.90 Å². The number of para-hydroxylation sites is 3. The maximum atomic E-state index is 7.28. The topological polar surface area (TPSA) is 17.4 Å². The van der Waals surface area contributed by atoms with Gasteiger partial charge in [-0.2, -0.15) is 0 Å². The third-order valence-corrected chi connectivity index (χ3v) is 13.2. The Labute approximate surface area is 372 Å². The molecule has 0 atom stereocenters. The van der Waals surface area contributed by atoms with Crippen LogP contribution in [0.5, 0.6) is 11.5 Å². The molecule has 2 aliphatic rings. The lowest BCUT2D eigenvalue weighted by atomic mass is 9.34. The van der Waals surface area contributed by atoms with Crippen LogP contribution in [0.1, 0.15) is 0 Å². The molecule has 3 nitrogen and oxygen atoms in total. The lowest BCUT2D eigenvalue weighted by Gasteiger charge is -2.42. The number of nitrogens with zero attached hydrogens (tertiary/aromatic N) is 2. The van der Waals surface area contributed by atoms with Gasteiger partial charge in [-0.15, -0.1) is 0 Å². The Morgan fingerprint density at radius 1 is 0.344 bits per heavy atom. The van der Waals surface area contributed by atoms with E-state index in [0.29, 0.717) is 0 Å². The van der Waals surface area contributed by atoms with Crippen LogP contribution in [0.3, 0.4) is 0 Å². The van der Waals surface area contributed by atoms with Crippen LogP contribution in [-0.4, -0.2) is 11.3 Å². The van der Waals surface area contributed by atoms with Crippen molar-refractivity contribution in [3.63, 3.8) is 0 Å². The van der Waals surface area contributed by atoms with Gasteiger partial charge in [-0.25, -0.2) is 0 Å². The highest BCUT2D eigenvalue weighted by Crippen LogP contribution is 2.50. The normalized spacial score (nSPS) is 12.4. The lowest BCUT2D eigenvalue weighted by molar-refractivity contribution is 0.487. The summed E-state index contributed by atoms with van der Waals surface area (Å²) in [5.41, 5.74) is 19.6. The molecule has 0 bridgehead atoms. The van der Waals surface area contributed by atoms with Crippen molar-refractivity contribution in [3.8, 4) is 61.7 Å². The minimum absolute atomic E-state index is 0.122. The van der Waals surface area contributed by atoms with Crippen molar-refractivity contribution in [3.05, 3.63) is 237 Å². The van der Waals surface area contributed by atoms with E-state index in [9.17, 15) is 0 Å². The smallest absolute Gasteiger partial charge is 0.256 e. The maximum Gasteiger partial charge on any atom is 0.256 e. The fourth-order valence-electron chi connectivity index (χ4n) is 10.4. The first-order valence-corrected chi connectivity index (χ1v) is 22.0. The second-order valence-corrected chi connectivity index (χ2v) is 16.8. The number of hydrogen-bond donors (Lipinski definition) is 0. The minimum Gasteiger partial charge on any atom is -0.458 e. The molecule has 0 saturated heterocycles. The monoisotopic (exact) mass is 814 g/mol. The molecule has 0 amide bonds. The molecule has 0 N–H and O–H groups in total. The Morgan fingerprint density at radius 2 is 0.844 bits per heavy atom. The Balaban J connectivity index is 1.17. The van der Waals surface area contributed by atoms with Gasteiger partial charge in [0.2, 0.25) is 0 Å². The van der Waals surface area contributed by atoms with Crippen molar-refractivity contribution in [1.29, 1.82) is 0 Å². The van der Waals surface area contributed by atoms with Gasteiger partial charge in [-0.1, -0.05) is 200 Å². The first-order valence-electron chi connectivity index (χ1n) is 22.0. The number of aromatic nitrogens is 1. The van der Waals surface area contributed by atoms with Crippen LogP contribution in [0.15, 0.2) is 237 Å². The molecule has 0 spiro atoms. The minimum atomic E-state index is -0.122. The second-order valence-electron chi connectivity index (χ2n) is 16.8. The van der Waals surface area contributed by atoms with E-state index in [4.69, 9.17) is 4.74 Å². The summed E-state index contributed by atoms with van der Waals surface area (Å²) in [4.78, 5) is 2.55. The van der Waals surface area contributed by atoms with Crippen molar-refractivity contribution in [2.45, 2.75) is 0 Å². The fourth-order valence-corrected chi connectivity index (χ4v) is 10.4. The Morgan fingerprint density at radius 3 is 1.42 bits per heavy atom. The molecule has 3 heterocycles. The first-order chi connectivity index (χ1) is 31.8. The van der Waals surface area contributed by atoms with Gasteiger partial charge in [-0.05, 0) is 80.1 Å². The number of ether oxygens (including phenoxy) is 1. The zero-order valence-corrected chi connectivity index (χ0v) is 34.9. The van der Waals surface area contributed by atoms with Crippen LogP contribution in [0, 0.1) is 0 Å². The molecule has 4 heteroatoms. The van der Waals surface area contributed by atoms with Crippen molar-refractivity contribution in [2.24, 2.45) is 0 Å². The van der Waals surface area contributed by atoms with Gasteiger partial charge in [0.15, 0.2) is 0 Å². The summed E-state index contributed by atoms with van der Waals surface area (Å²) in [7, 11) is 0. The summed E-state index contributed by atoms with van der Waals surface area (Å²) < 4.78 is 9.70.